The third-order valence-corrected chi connectivity index (χ3v) is 10.7. The SMILES string of the molecule is COc1c(N2CCCN(C3CC3)C2=O)cc2c(c1F)C(CC#N)N(C(=O)c1c(Sc3c(Cl)ccc(F)c3Cl)cc(C(F)(F)Cl)[nH]c1=O)C2. The van der Waals surface area contributed by atoms with Crippen molar-refractivity contribution in [2.45, 2.75) is 59.5 Å². The molecule has 3 heterocycles. The van der Waals surface area contributed by atoms with Crippen LogP contribution in [0.25, 0.3) is 0 Å². The van der Waals surface area contributed by atoms with Gasteiger partial charge in [-0.1, -0.05) is 35.0 Å². The second-order valence-corrected chi connectivity index (χ2v) is 13.7. The number of carbonyl (C=O) groups is 2. The summed E-state index contributed by atoms with van der Waals surface area (Å²) in [4.78, 5) is 46.6. The van der Waals surface area contributed by atoms with Crippen molar-refractivity contribution in [1.82, 2.24) is 14.8 Å². The summed E-state index contributed by atoms with van der Waals surface area (Å²) in [6.07, 6.45) is 1.97. The number of H-pyrrole nitrogens is 1. The zero-order valence-corrected chi connectivity index (χ0v) is 28.0. The number of nitriles is 1. The van der Waals surface area contributed by atoms with Crippen LogP contribution < -0.4 is 15.2 Å². The van der Waals surface area contributed by atoms with E-state index < -0.39 is 62.1 Å². The molecule has 17 heteroatoms. The van der Waals surface area contributed by atoms with Crippen LogP contribution in [-0.2, 0) is 11.9 Å². The third-order valence-electron chi connectivity index (χ3n) is 8.39. The van der Waals surface area contributed by atoms with Crippen LogP contribution in [0.4, 0.5) is 28.0 Å². The Balaban J connectivity index is 1.45. The number of alkyl halides is 3. The maximum atomic E-state index is 16.4. The van der Waals surface area contributed by atoms with E-state index in [-0.39, 0.29) is 51.1 Å². The smallest absolute Gasteiger partial charge is 0.362 e. The minimum Gasteiger partial charge on any atom is -0.492 e. The van der Waals surface area contributed by atoms with E-state index in [2.05, 4.69) is 0 Å². The number of methoxy groups -OCH3 is 1. The van der Waals surface area contributed by atoms with E-state index in [0.29, 0.717) is 31.3 Å². The number of pyridine rings is 1. The average Bonchev–Trinajstić information content (AvgIpc) is 3.81. The number of rotatable bonds is 8. The zero-order chi connectivity index (χ0) is 34.7. The molecule has 0 spiro atoms. The molecule has 1 unspecified atom stereocenters. The first kappa shape index (κ1) is 34.2. The predicted molar refractivity (Wildman–Crippen MR) is 170 cm³/mol. The number of nitrogens with zero attached hydrogens (tertiary/aromatic N) is 4. The summed E-state index contributed by atoms with van der Waals surface area (Å²) in [6, 6.07) is 4.88. The van der Waals surface area contributed by atoms with Gasteiger partial charge in [-0.2, -0.15) is 14.0 Å². The lowest BCUT2D eigenvalue weighted by atomic mass is 9.99. The standard InChI is InChI=1S/C31H24Cl3F4N5O4S/c1-47-26-19(42-10-2-9-41(30(42)46)15-3-4-15)11-14-13-43(18(7-8-39)22(14)25(26)36)29(45)23-20(12-21(31(34,37)38)40-28(23)44)48-27-16(32)5-6-17(35)24(27)33/h5-6,11-12,15,18H,2-4,7,9-10,13H2,1H3,(H,40,44). The molecule has 3 aliphatic rings. The molecular weight excluding hydrogens is 721 g/mol. The lowest BCUT2D eigenvalue weighted by molar-refractivity contribution is 0.0682. The van der Waals surface area contributed by atoms with Crippen molar-refractivity contribution in [3.63, 3.8) is 0 Å². The number of aromatic nitrogens is 1. The maximum absolute atomic E-state index is 16.4. The minimum atomic E-state index is -4.07. The van der Waals surface area contributed by atoms with Gasteiger partial charge in [0.2, 0.25) is 0 Å². The highest BCUT2D eigenvalue weighted by Crippen LogP contribution is 2.48. The molecule has 252 valence electrons. The number of benzene rings is 2. The normalized spacial score (nSPS) is 17.9. The van der Waals surface area contributed by atoms with Crippen LogP contribution in [-0.4, -0.2) is 53.0 Å². The van der Waals surface area contributed by atoms with E-state index in [1.165, 1.54) is 18.1 Å². The van der Waals surface area contributed by atoms with Crippen molar-refractivity contribution in [1.29, 1.82) is 5.26 Å². The Morgan fingerprint density at radius 3 is 2.56 bits per heavy atom. The van der Waals surface area contributed by atoms with Gasteiger partial charge in [-0.05, 0) is 60.7 Å². The molecule has 1 saturated carbocycles. The molecular formula is C31H24Cl3F4N5O4S. The molecule has 3 amide bonds. The Morgan fingerprint density at radius 1 is 1.19 bits per heavy atom. The highest BCUT2D eigenvalue weighted by molar-refractivity contribution is 7.99. The fraction of sp³-hybridized carbons (Fsp3) is 0.355. The first-order valence-electron chi connectivity index (χ1n) is 14.6. The predicted octanol–water partition coefficient (Wildman–Crippen LogP) is 7.81. The number of urea groups is 1. The van der Waals surface area contributed by atoms with Gasteiger partial charge in [-0.3, -0.25) is 14.5 Å². The molecule has 9 nitrogen and oxygen atoms in total. The van der Waals surface area contributed by atoms with E-state index in [4.69, 9.17) is 39.5 Å². The number of fused-ring (bicyclic) bond motifs is 1. The summed E-state index contributed by atoms with van der Waals surface area (Å²) < 4.78 is 64.6. The molecule has 0 bridgehead atoms. The molecule has 0 radical (unpaired) electrons. The molecule has 3 aromatic rings. The lowest BCUT2D eigenvalue weighted by Gasteiger charge is -2.36. The summed E-state index contributed by atoms with van der Waals surface area (Å²) in [6.45, 7) is 0.540. The van der Waals surface area contributed by atoms with E-state index in [0.717, 1.165) is 35.9 Å². The lowest BCUT2D eigenvalue weighted by Crippen LogP contribution is -2.50. The van der Waals surface area contributed by atoms with Gasteiger partial charge in [0.15, 0.2) is 11.6 Å². The fourth-order valence-electron chi connectivity index (χ4n) is 6.05. The molecule has 1 aliphatic carbocycles. The number of carbonyl (C=O) groups excluding carboxylic acids is 2. The van der Waals surface area contributed by atoms with E-state index in [1.54, 1.807) is 4.90 Å². The zero-order valence-electron chi connectivity index (χ0n) is 24.9. The number of hydrogen-bond acceptors (Lipinski definition) is 6. The average molecular weight is 745 g/mol. The molecule has 6 rings (SSSR count). The quantitative estimate of drug-likeness (QED) is 0.143. The van der Waals surface area contributed by atoms with Gasteiger partial charge in [0.05, 0.1) is 46.3 Å². The van der Waals surface area contributed by atoms with Crippen molar-refractivity contribution in [2.24, 2.45) is 0 Å². The van der Waals surface area contributed by atoms with Gasteiger partial charge in [0.25, 0.3) is 11.5 Å². The van der Waals surface area contributed by atoms with Crippen LogP contribution in [0.3, 0.4) is 0 Å². The highest BCUT2D eigenvalue weighted by atomic mass is 35.5. The molecule has 2 fully saturated rings. The summed E-state index contributed by atoms with van der Waals surface area (Å²) >= 11 is 18.0. The topological polar surface area (TPSA) is 110 Å². The van der Waals surface area contributed by atoms with Crippen molar-refractivity contribution < 1.29 is 31.9 Å². The van der Waals surface area contributed by atoms with Gasteiger partial charge in [0.1, 0.15) is 17.1 Å². The van der Waals surface area contributed by atoms with E-state index in [1.807, 2.05) is 11.1 Å². The number of hydrogen-bond donors (Lipinski definition) is 1. The first-order valence-corrected chi connectivity index (χ1v) is 16.5. The molecule has 1 N–H and O–H groups in total. The van der Waals surface area contributed by atoms with E-state index >= 15 is 4.39 Å². The monoisotopic (exact) mass is 743 g/mol. The van der Waals surface area contributed by atoms with Crippen LogP contribution in [0.5, 0.6) is 5.75 Å². The summed E-state index contributed by atoms with van der Waals surface area (Å²) in [5.74, 6) is -3.11. The van der Waals surface area contributed by atoms with Crippen molar-refractivity contribution in [3.8, 4) is 11.8 Å². The molecule has 1 atom stereocenters. The molecule has 2 aliphatic heterocycles. The number of aromatic amines is 1. The number of halogens is 7. The second-order valence-electron chi connectivity index (χ2n) is 11.4. The maximum Gasteiger partial charge on any atom is 0.362 e. The highest BCUT2D eigenvalue weighted by Gasteiger charge is 2.43. The largest absolute Gasteiger partial charge is 0.492 e. The van der Waals surface area contributed by atoms with Crippen molar-refractivity contribution >= 4 is 64.2 Å². The Morgan fingerprint density at radius 2 is 1.92 bits per heavy atom. The van der Waals surface area contributed by atoms with Gasteiger partial charge in [0, 0.05) is 36.1 Å². The first-order chi connectivity index (χ1) is 22.8. The Hall–Kier alpha value is -3.64. The Bertz CT molecular complexity index is 1950. The van der Waals surface area contributed by atoms with Crippen LogP contribution in [0.1, 0.15) is 58.9 Å². The van der Waals surface area contributed by atoms with Crippen molar-refractivity contribution in [2.75, 3.05) is 25.1 Å². The third kappa shape index (κ3) is 6.06. The van der Waals surface area contributed by atoms with Gasteiger partial charge >= 0.3 is 11.4 Å². The van der Waals surface area contributed by atoms with Crippen molar-refractivity contribution in [3.05, 3.63) is 78.7 Å². The summed E-state index contributed by atoms with van der Waals surface area (Å²) in [5, 5.41) is 5.04. The van der Waals surface area contributed by atoms with Gasteiger partial charge in [-0.25, -0.2) is 13.6 Å². The Kier molecular flexibility index (Phi) is 9.27. The van der Waals surface area contributed by atoms with Crippen LogP contribution in [0.2, 0.25) is 10.0 Å². The van der Waals surface area contributed by atoms with Crippen LogP contribution in [0, 0.1) is 23.0 Å². The molecule has 1 saturated heterocycles. The number of amides is 3. The second kappa shape index (κ2) is 13.0. The van der Waals surface area contributed by atoms with Crippen LogP contribution >= 0.6 is 46.6 Å². The van der Waals surface area contributed by atoms with Crippen LogP contribution in [0.15, 0.2) is 38.9 Å². The number of ether oxygens (including phenoxy) is 1. The molecule has 2 aromatic carbocycles. The fourth-order valence-corrected chi connectivity index (χ4v) is 7.79. The number of nitrogens with one attached hydrogen (secondary N) is 1. The Labute approximate surface area is 290 Å². The molecule has 48 heavy (non-hydrogen) atoms. The van der Waals surface area contributed by atoms with Gasteiger partial charge in [-0.15, -0.1) is 0 Å². The van der Waals surface area contributed by atoms with Gasteiger partial charge < -0.3 is 19.5 Å². The summed E-state index contributed by atoms with van der Waals surface area (Å²) in [7, 11) is 1.23. The minimum absolute atomic E-state index is 0.0558. The number of anilines is 1. The van der Waals surface area contributed by atoms with E-state index in [9.17, 15) is 32.8 Å². The molecule has 1 aromatic heterocycles. The summed E-state index contributed by atoms with van der Waals surface area (Å²) in [5.41, 5.74) is -2.70.